The molecule has 2 aromatic rings. The van der Waals surface area contributed by atoms with E-state index >= 15 is 0 Å². The molecule has 4 N–H and O–H groups in total. The number of hydrogen-bond donors (Lipinski definition) is 3. The molecule has 2 aromatic heterocycles. The zero-order valence-corrected chi connectivity index (χ0v) is 13.1. The molecule has 8 heteroatoms. The molecule has 1 amide bonds. The fourth-order valence-electron chi connectivity index (χ4n) is 1.83. The van der Waals surface area contributed by atoms with Crippen LogP contribution in [-0.2, 0) is 6.54 Å². The molecular weight excluding hydrogens is 288 g/mol. The number of thiazole rings is 1. The number of nitrogen functional groups attached to an aromatic ring is 1. The monoisotopic (exact) mass is 308 g/mol. The van der Waals surface area contributed by atoms with E-state index in [0.717, 1.165) is 0 Å². The van der Waals surface area contributed by atoms with Crippen LogP contribution in [0.4, 0.5) is 10.9 Å². The number of nitrogens with one attached hydrogen (secondary N) is 2. The van der Waals surface area contributed by atoms with Crippen LogP contribution in [0, 0.1) is 0 Å². The number of anilines is 2. The van der Waals surface area contributed by atoms with Gasteiger partial charge in [-0.2, -0.15) is 5.10 Å². The predicted octanol–water partition coefficient (Wildman–Crippen LogP) is 1.56. The molecule has 0 aliphatic rings. The summed E-state index contributed by atoms with van der Waals surface area (Å²) in [5.41, 5.74) is 5.81. The number of nitrogens with two attached hydrogens (primary N) is 1. The summed E-state index contributed by atoms with van der Waals surface area (Å²) in [4.78, 5) is 16.8. The summed E-state index contributed by atoms with van der Waals surface area (Å²) in [5.74, 6) is 0.0494. The zero-order chi connectivity index (χ0) is 15.4. The van der Waals surface area contributed by atoms with Gasteiger partial charge in [0.2, 0.25) is 0 Å². The van der Waals surface area contributed by atoms with Crippen molar-refractivity contribution in [1.29, 1.82) is 0 Å². The van der Waals surface area contributed by atoms with Gasteiger partial charge >= 0.3 is 0 Å². The molecule has 2 heterocycles. The number of nitrogens with zero attached hydrogens (tertiary/aromatic N) is 3. The van der Waals surface area contributed by atoms with Crippen molar-refractivity contribution in [3.63, 3.8) is 0 Å². The average Bonchev–Trinajstić information content (AvgIpc) is 2.98. The topological polar surface area (TPSA) is 97.9 Å². The van der Waals surface area contributed by atoms with E-state index in [1.807, 2.05) is 33.0 Å². The van der Waals surface area contributed by atoms with Crippen LogP contribution in [0.1, 0.15) is 30.4 Å². The van der Waals surface area contributed by atoms with Crippen molar-refractivity contribution in [3.05, 3.63) is 23.3 Å². The van der Waals surface area contributed by atoms with Gasteiger partial charge in [0, 0.05) is 24.5 Å². The van der Waals surface area contributed by atoms with Crippen molar-refractivity contribution in [3.8, 4) is 0 Å². The van der Waals surface area contributed by atoms with Crippen LogP contribution in [0.15, 0.2) is 18.5 Å². The Kier molecular flexibility index (Phi) is 4.79. The molecule has 0 aliphatic carbocycles. The molecule has 0 saturated heterocycles. The lowest BCUT2D eigenvalue weighted by atomic mass is 10.3. The summed E-state index contributed by atoms with van der Waals surface area (Å²) in [5, 5.41) is 10.8. The van der Waals surface area contributed by atoms with Crippen molar-refractivity contribution in [1.82, 2.24) is 20.1 Å². The Morgan fingerprint density at radius 3 is 2.86 bits per heavy atom. The number of carbonyl (C=O) groups excluding carboxylic acids is 1. The van der Waals surface area contributed by atoms with Gasteiger partial charge in [0.05, 0.1) is 6.54 Å². The first-order valence-corrected chi connectivity index (χ1v) is 7.58. The third-order valence-corrected chi connectivity index (χ3v) is 3.67. The van der Waals surface area contributed by atoms with Gasteiger partial charge in [-0.1, -0.05) is 11.3 Å². The highest BCUT2D eigenvalue weighted by Gasteiger charge is 2.18. The lowest BCUT2D eigenvalue weighted by Gasteiger charge is -2.13. The van der Waals surface area contributed by atoms with Gasteiger partial charge in [-0.25, -0.2) is 4.98 Å². The minimum Gasteiger partial charge on any atom is -0.382 e. The molecule has 1 atom stereocenters. The number of hydrogen-bond acceptors (Lipinski definition) is 6. The number of carbonyl (C=O) groups is 1. The number of rotatable bonds is 6. The minimum absolute atomic E-state index is 0.0552. The van der Waals surface area contributed by atoms with Crippen molar-refractivity contribution in [2.75, 3.05) is 11.1 Å². The molecule has 0 radical (unpaired) electrons. The van der Waals surface area contributed by atoms with Crippen LogP contribution < -0.4 is 16.4 Å². The lowest BCUT2D eigenvalue weighted by Crippen LogP contribution is -2.35. The highest BCUT2D eigenvalue weighted by molar-refractivity contribution is 7.18. The van der Waals surface area contributed by atoms with Crippen molar-refractivity contribution >= 4 is 28.2 Å². The summed E-state index contributed by atoms with van der Waals surface area (Å²) in [6.45, 7) is 6.53. The summed E-state index contributed by atoms with van der Waals surface area (Å²) < 4.78 is 1.77. The molecule has 2 rings (SSSR count). The van der Waals surface area contributed by atoms with E-state index < -0.39 is 0 Å². The van der Waals surface area contributed by atoms with Gasteiger partial charge < -0.3 is 16.4 Å². The fourth-order valence-corrected chi connectivity index (χ4v) is 2.76. The molecule has 7 nitrogen and oxygen atoms in total. The number of amides is 1. The summed E-state index contributed by atoms with van der Waals surface area (Å²) in [6, 6.07) is 2.03. The second-order valence-corrected chi connectivity index (χ2v) is 6.13. The van der Waals surface area contributed by atoms with E-state index in [2.05, 4.69) is 20.7 Å². The van der Waals surface area contributed by atoms with Gasteiger partial charge in [-0.3, -0.25) is 9.48 Å². The maximum absolute atomic E-state index is 12.2. The smallest absolute Gasteiger partial charge is 0.265 e. The Bertz CT molecular complexity index is 592. The largest absolute Gasteiger partial charge is 0.382 e. The third-order valence-electron chi connectivity index (χ3n) is 2.67. The second-order valence-electron chi connectivity index (χ2n) is 5.14. The maximum Gasteiger partial charge on any atom is 0.265 e. The molecule has 1 unspecified atom stereocenters. The molecule has 0 aromatic carbocycles. The Labute approximate surface area is 127 Å². The molecule has 114 valence electrons. The van der Waals surface area contributed by atoms with E-state index in [-0.39, 0.29) is 23.8 Å². The average molecular weight is 308 g/mol. The van der Waals surface area contributed by atoms with Crippen molar-refractivity contribution in [2.45, 2.75) is 39.4 Å². The van der Waals surface area contributed by atoms with Crippen LogP contribution in [0.2, 0.25) is 0 Å². The fraction of sp³-hybridized carbons (Fsp3) is 0.462. The minimum atomic E-state index is -0.207. The first-order valence-electron chi connectivity index (χ1n) is 6.77. The van der Waals surface area contributed by atoms with Crippen LogP contribution in [0.3, 0.4) is 0 Å². The van der Waals surface area contributed by atoms with E-state index in [4.69, 9.17) is 5.73 Å². The third kappa shape index (κ3) is 4.19. The summed E-state index contributed by atoms with van der Waals surface area (Å²) >= 11 is 1.26. The highest BCUT2D eigenvalue weighted by Crippen LogP contribution is 2.25. The predicted molar refractivity (Wildman–Crippen MR) is 84.4 cm³/mol. The molecular formula is C13H20N6OS. The first kappa shape index (κ1) is 15.3. The van der Waals surface area contributed by atoms with Crippen LogP contribution in [0.5, 0.6) is 0 Å². The first-order chi connectivity index (χ1) is 9.95. The standard InChI is InChI=1S/C13H20N6OS/c1-8(2)16-13-18-11(14)10(21-13)12(20)17-9(3)7-19-6-4-5-15-19/h4-6,8-9H,7,14H2,1-3H3,(H,16,18)(H,17,20). The maximum atomic E-state index is 12.2. The van der Waals surface area contributed by atoms with Gasteiger partial charge in [-0.15, -0.1) is 0 Å². The Hall–Kier alpha value is -2.09. The SMILES string of the molecule is CC(C)Nc1nc(N)c(C(=O)NC(C)Cn2cccn2)s1. The Balaban J connectivity index is 1.97. The molecule has 0 spiro atoms. The quantitative estimate of drug-likeness (QED) is 0.752. The normalized spacial score (nSPS) is 12.4. The van der Waals surface area contributed by atoms with E-state index in [9.17, 15) is 4.79 Å². The van der Waals surface area contributed by atoms with Gasteiger partial charge in [-0.05, 0) is 26.8 Å². The van der Waals surface area contributed by atoms with E-state index in [1.54, 1.807) is 10.9 Å². The molecule has 0 fully saturated rings. The van der Waals surface area contributed by atoms with Crippen molar-refractivity contribution < 1.29 is 4.79 Å². The van der Waals surface area contributed by atoms with Crippen LogP contribution in [-0.4, -0.2) is 32.8 Å². The van der Waals surface area contributed by atoms with Gasteiger partial charge in [0.1, 0.15) is 10.7 Å². The Morgan fingerprint density at radius 1 is 1.48 bits per heavy atom. The lowest BCUT2D eigenvalue weighted by molar-refractivity contribution is 0.0941. The van der Waals surface area contributed by atoms with Crippen LogP contribution in [0.25, 0.3) is 0 Å². The van der Waals surface area contributed by atoms with Gasteiger partial charge in [0.25, 0.3) is 5.91 Å². The summed E-state index contributed by atoms with van der Waals surface area (Å²) in [7, 11) is 0. The van der Waals surface area contributed by atoms with E-state index in [1.165, 1.54) is 11.3 Å². The summed E-state index contributed by atoms with van der Waals surface area (Å²) in [6.07, 6.45) is 3.56. The van der Waals surface area contributed by atoms with Crippen molar-refractivity contribution in [2.24, 2.45) is 0 Å². The number of aromatic nitrogens is 3. The zero-order valence-electron chi connectivity index (χ0n) is 12.3. The van der Waals surface area contributed by atoms with Crippen LogP contribution >= 0.6 is 11.3 Å². The highest BCUT2D eigenvalue weighted by atomic mass is 32.1. The molecule has 0 bridgehead atoms. The molecule has 21 heavy (non-hydrogen) atoms. The molecule has 0 saturated carbocycles. The van der Waals surface area contributed by atoms with Gasteiger partial charge in [0.15, 0.2) is 5.13 Å². The second kappa shape index (κ2) is 6.57. The molecule has 0 aliphatic heterocycles. The Morgan fingerprint density at radius 2 is 2.24 bits per heavy atom. The van der Waals surface area contributed by atoms with E-state index in [0.29, 0.717) is 16.6 Å².